The average Bonchev–Trinajstić information content (AvgIpc) is 3.13. The van der Waals surface area contributed by atoms with E-state index in [-0.39, 0.29) is 5.91 Å². The minimum absolute atomic E-state index is 0.0728. The second kappa shape index (κ2) is 7.42. The first-order valence-electron chi connectivity index (χ1n) is 8.40. The molecule has 0 aromatic carbocycles. The monoisotopic (exact) mass is 348 g/mol. The Morgan fingerprint density at radius 2 is 2.12 bits per heavy atom. The highest BCUT2D eigenvalue weighted by atomic mass is 32.2. The van der Waals surface area contributed by atoms with E-state index >= 15 is 0 Å². The summed E-state index contributed by atoms with van der Waals surface area (Å²) in [4.78, 5) is 12.2. The Bertz CT molecular complexity index is 701. The Morgan fingerprint density at radius 1 is 1.38 bits per heavy atom. The average molecular weight is 348 g/mol. The normalized spacial score (nSPS) is 21.0. The van der Waals surface area contributed by atoms with E-state index in [2.05, 4.69) is 22.4 Å². The lowest BCUT2D eigenvalue weighted by Crippen LogP contribution is -2.38. The Hall–Kier alpha value is -1.76. The number of aryl methyl sites for hydroxylation is 1. The largest absolute Gasteiger partial charge is 0.469 e. The molecule has 2 aromatic rings. The Kier molecular flexibility index (Phi) is 5.28. The smallest absolute Gasteiger partial charge is 0.230 e. The first-order chi connectivity index (χ1) is 11.5. The highest BCUT2D eigenvalue weighted by Crippen LogP contribution is 2.26. The van der Waals surface area contributed by atoms with Crippen LogP contribution >= 0.6 is 11.8 Å². The molecule has 3 rings (SSSR count). The third-order valence-corrected chi connectivity index (χ3v) is 5.67. The number of aromatic nitrogens is 3. The maximum atomic E-state index is 12.2. The molecular formula is C17H24N4O2S. The van der Waals surface area contributed by atoms with Crippen molar-refractivity contribution < 1.29 is 9.21 Å². The molecule has 0 bridgehead atoms. The second-order valence-electron chi connectivity index (χ2n) is 6.57. The van der Waals surface area contributed by atoms with E-state index in [0.29, 0.717) is 11.8 Å². The van der Waals surface area contributed by atoms with Gasteiger partial charge in [-0.2, -0.15) is 0 Å². The van der Waals surface area contributed by atoms with E-state index in [1.165, 1.54) is 24.6 Å². The topological polar surface area (TPSA) is 72.9 Å². The van der Waals surface area contributed by atoms with Crippen LogP contribution in [0, 0.1) is 12.8 Å². The molecule has 2 aromatic heterocycles. The van der Waals surface area contributed by atoms with Gasteiger partial charge in [0.05, 0.1) is 17.6 Å². The number of amides is 1. The summed E-state index contributed by atoms with van der Waals surface area (Å²) in [5.74, 6) is 2.79. The minimum Gasteiger partial charge on any atom is -0.469 e. The van der Waals surface area contributed by atoms with Gasteiger partial charge < -0.3 is 14.3 Å². The summed E-state index contributed by atoms with van der Waals surface area (Å²) in [5.41, 5.74) is 0.928. The summed E-state index contributed by atoms with van der Waals surface area (Å²) in [6.45, 7) is 4.18. The SMILES string of the molecule is Cc1occc1-c1nnc(SCC(=O)NC2CCC(C)CC2)n1C. The maximum absolute atomic E-state index is 12.2. The molecule has 0 saturated heterocycles. The number of hydrogen-bond acceptors (Lipinski definition) is 5. The van der Waals surface area contributed by atoms with Gasteiger partial charge in [-0.05, 0) is 44.6 Å². The van der Waals surface area contributed by atoms with Crippen LogP contribution in [0.3, 0.4) is 0 Å². The van der Waals surface area contributed by atoms with E-state index in [1.54, 1.807) is 6.26 Å². The molecule has 7 heteroatoms. The molecule has 0 atom stereocenters. The van der Waals surface area contributed by atoms with Gasteiger partial charge in [-0.3, -0.25) is 4.79 Å². The Morgan fingerprint density at radius 3 is 2.79 bits per heavy atom. The molecule has 24 heavy (non-hydrogen) atoms. The van der Waals surface area contributed by atoms with Crippen molar-refractivity contribution in [2.75, 3.05) is 5.75 Å². The van der Waals surface area contributed by atoms with E-state index in [1.807, 2.05) is 24.6 Å². The first-order valence-corrected chi connectivity index (χ1v) is 9.39. The van der Waals surface area contributed by atoms with Gasteiger partial charge in [-0.1, -0.05) is 18.7 Å². The van der Waals surface area contributed by atoms with Crippen LogP contribution in [-0.4, -0.2) is 32.5 Å². The van der Waals surface area contributed by atoms with Gasteiger partial charge in [-0.25, -0.2) is 0 Å². The van der Waals surface area contributed by atoms with Crippen molar-refractivity contribution in [2.24, 2.45) is 13.0 Å². The zero-order valence-electron chi connectivity index (χ0n) is 14.4. The van der Waals surface area contributed by atoms with Crippen LogP contribution in [0.5, 0.6) is 0 Å². The van der Waals surface area contributed by atoms with Crippen LogP contribution in [0.2, 0.25) is 0 Å². The predicted octanol–water partition coefficient (Wildman–Crippen LogP) is 3.17. The third kappa shape index (κ3) is 3.83. The van der Waals surface area contributed by atoms with Gasteiger partial charge in [0.2, 0.25) is 5.91 Å². The highest BCUT2D eigenvalue weighted by Gasteiger charge is 2.20. The summed E-state index contributed by atoms with van der Waals surface area (Å²) in [6.07, 6.45) is 6.23. The van der Waals surface area contributed by atoms with Crippen molar-refractivity contribution in [2.45, 2.75) is 50.7 Å². The predicted molar refractivity (Wildman–Crippen MR) is 93.7 cm³/mol. The quantitative estimate of drug-likeness (QED) is 0.840. The van der Waals surface area contributed by atoms with Crippen LogP contribution in [0.25, 0.3) is 11.4 Å². The van der Waals surface area contributed by atoms with Gasteiger partial charge in [0.25, 0.3) is 0 Å². The van der Waals surface area contributed by atoms with Gasteiger partial charge in [0.1, 0.15) is 5.76 Å². The van der Waals surface area contributed by atoms with Crippen LogP contribution in [-0.2, 0) is 11.8 Å². The summed E-state index contributed by atoms with van der Waals surface area (Å²) in [6, 6.07) is 2.21. The number of nitrogens with one attached hydrogen (secondary N) is 1. The zero-order valence-corrected chi connectivity index (χ0v) is 15.2. The molecular weight excluding hydrogens is 324 g/mol. The summed E-state index contributed by atoms with van der Waals surface area (Å²) in [5, 5.41) is 12.3. The molecule has 0 radical (unpaired) electrons. The number of carbonyl (C=O) groups is 1. The summed E-state index contributed by atoms with van der Waals surface area (Å²) in [7, 11) is 1.91. The lowest BCUT2D eigenvalue weighted by molar-refractivity contribution is -0.119. The molecule has 6 nitrogen and oxygen atoms in total. The fraction of sp³-hybridized carbons (Fsp3) is 0.588. The number of carbonyl (C=O) groups excluding carboxylic acids is 1. The molecule has 0 aliphatic heterocycles. The highest BCUT2D eigenvalue weighted by molar-refractivity contribution is 7.99. The zero-order chi connectivity index (χ0) is 17.1. The molecule has 0 unspecified atom stereocenters. The third-order valence-electron chi connectivity index (χ3n) is 4.65. The first kappa shape index (κ1) is 17.1. The van der Waals surface area contributed by atoms with Gasteiger partial charge in [0, 0.05) is 13.1 Å². The van der Waals surface area contributed by atoms with E-state index in [0.717, 1.165) is 41.1 Å². The number of rotatable bonds is 5. The standard InChI is InChI=1S/C17H24N4O2S/c1-11-4-6-13(7-5-11)18-15(22)10-24-17-20-19-16(21(17)3)14-8-9-23-12(14)2/h8-9,11,13H,4-7,10H2,1-3H3,(H,18,22). The van der Waals surface area contributed by atoms with E-state index in [4.69, 9.17) is 4.42 Å². The van der Waals surface area contributed by atoms with Crippen LogP contribution in [0.4, 0.5) is 0 Å². The van der Waals surface area contributed by atoms with E-state index in [9.17, 15) is 4.79 Å². The van der Waals surface area contributed by atoms with Crippen molar-refractivity contribution in [1.82, 2.24) is 20.1 Å². The molecule has 2 heterocycles. The fourth-order valence-corrected chi connectivity index (χ4v) is 3.82. The number of nitrogens with zero attached hydrogens (tertiary/aromatic N) is 3. The molecule has 130 valence electrons. The van der Waals surface area contributed by atoms with Gasteiger partial charge in [-0.15, -0.1) is 10.2 Å². The molecule has 0 spiro atoms. The van der Waals surface area contributed by atoms with Crippen molar-refractivity contribution in [1.29, 1.82) is 0 Å². The molecule has 1 N–H and O–H groups in total. The number of furan rings is 1. The van der Waals surface area contributed by atoms with Crippen LogP contribution in [0.1, 0.15) is 38.4 Å². The van der Waals surface area contributed by atoms with Crippen LogP contribution in [0.15, 0.2) is 21.9 Å². The second-order valence-corrected chi connectivity index (χ2v) is 7.51. The molecule has 1 aliphatic carbocycles. The number of thioether (sulfide) groups is 1. The number of hydrogen-bond donors (Lipinski definition) is 1. The van der Waals surface area contributed by atoms with Crippen molar-refractivity contribution >= 4 is 17.7 Å². The van der Waals surface area contributed by atoms with Crippen LogP contribution < -0.4 is 5.32 Å². The molecule has 1 aliphatic rings. The van der Waals surface area contributed by atoms with Gasteiger partial charge >= 0.3 is 0 Å². The van der Waals surface area contributed by atoms with E-state index < -0.39 is 0 Å². The lowest BCUT2D eigenvalue weighted by atomic mass is 9.87. The Labute approximate surface area is 146 Å². The van der Waals surface area contributed by atoms with Gasteiger partial charge in [0.15, 0.2) is 11.0 Å². The summed E-state index contributed by atoms with van der Waals surface area (Å²) >= 11 is 1.41. The molecule has 1 saturated carbocycles. The minimum atomic E-state index is 0.0728. The van der Waals surface area contributed by atoms with Crippen molar-refractivity contribution in [3.8, 4) is 11.4 Å². The molecule has 1 fully saturated rings. The lowest BCUT2D eigenvalue weighted by Gasteiger charge is -2.26. The van der Waals surface area contributed by atoms with Crippen molar-refractivity contribution in [3.05, 3.63) is 18.1 Å². The fourth-order valence-electron chi connectivity index (χ4n) is 3.10. The van der Waals surface area contributed by atoms with Crippen molar-refractivity contribution in [3.63, 3.8) is 0 Å². The summed E-state index contributed by atoms with van der Waals surface area (Å²) < 4.78 is 7.22. The molecule has 1 amide bonds. The maximum Gasteiger partial charge on any atom is 0.230 e. The Balaban J connectivity index is 1.54.